The van der Waals surface area contributed by atoms with E-state index >= 15 is 13.2 Å². The number of piperazine rings is 5. The molecule has 2 saturated carbocycles. The predicted octanol–water partition coefficient (Wildman–Crippen LogP) is 12.0. The number of carbonyl (C=O) groups excluding carboxylic acids is 4. The zero-order chi connectivity index (χ0) is 106. The molecule has 10 aromatic rings. The van der Waals surface area contributed by atoms with Gasteiger partial charge in [-0.15, -0.1) is 0 Å². The van der Waals surface area contributed by atoms with Gasteiger partial charge < -0.3 is 62.7 Å². The third kappa shape index (κ3) is 15.3. The zero-order valence-electron chi connectivity index (χ0n) is 87.8. The van der Waals surface area contributed by atoms with Gasteiger partial charge in [0, 0.05) is 201 Å². The molecule has 782 valence electrons. The van der Waals surface area contributed by atoms with Gasteiger partial charge in [0.25, 0.3) is 51.4 Å². The number of fused-ring (bicyclic) bond motifs is 25. The second-order valence-electron chi connectivity index (χ2n) is 42.8. The number of pyridine rings is 7. The molecule has 7 fully saturated rings. The molecular formula is C106H131F9N22O9. The van der Waals surface area contributed by atoms with Gasteiger partial charge in [0.2, 0.25) is 5.79 Å². The third-order valence-electron chi connectivity index (χ3n) is 34.5. The second-order valence-corrected chi connectivity index (χ2v) is 42.8. The number of amides is 4. The van der Waals surface area contributed by atoms with Crippen LogP contribution in [0.5, 0.6) is 0 Å². The van der Waals surface area contributed by atoms with Crippen LogP contribution in [0.3, 0.4) is 0 Å². The van der Waals surface area contributed by atoms with E-state index in [2.05, 4.69) is 50.0 Å². The van der Waals surface area contributed by atoms with Crippen molar-refractivity contribution >= 4 is 135 Å². The van der Waals surface area contributed by atoms with Gasteiger partial charge in [-0.05, 0) is 180 Å². The number of hydrogen-bond acceptors (Lipinski definition) is 22. The Kier molecular flexibility index (Phi) is 26.4. The Bertz CT molecular complexity index is 7390. The van der Waals surface area contributed by atoms with Crippen molar-refractivity contribution in [2.75, 3.05) is 171 Å². The van der Waals surface area contributed by atoms with Crippen LogP contribution in [0.4, 0.5) is 96.4 Å². The minimum atomic E-state index is -1.99. The fourth-order valence-electron chi connectivity index (χ4n) is 24.4. The van der Waals surface area contributed by atoms with E-state index in [0.29, 0.717) is 132 Å². The summed E-state index contributed by atoms with van der Waals surface area (Å²) in [6.45, 7) is 29.8. The Labute approximate surface area is 840 Å². The topological polar surface area (TPSA) is 253 Å². The quantitative estimate of drug-likeness (QED) is 0.117. The van der Waals surface area contributed by atoms with Gasteiger partial charge in [-0.2, -0.15) is 0 Å². The van der Waals surface area contributed by atoms with Crippen LogP contribution >= 0.6 is 0 Å². The van der Waals surface area contributed by atoms with Crippen molar-refractivity contribution in [2.45, 2.75) is 219 Å². The highest BCUT2D eigenvalue weighted by molar-refractivity contribution is 6.17. The van der Waals surface area contributed by atoms with Crippen LogP contribution in [0.2, 0.25) is 0 Å². The van der Waals surface area contributed by atoms with Gasteiger partial charge in [0.05, 0.1) is 68.6 Å². The molecule has 31 nitrogen and oxygen atoms in total. The van der Waals surface area contributed by atoms with Crippen LogP contribution in [-0.2, 0) is 54.4 Å². The minimum Gasteiger partial charge on any atom is -0.354 e. The Balaban J connectivity index is 0.000000120. The Morgan fingerprint density at radius 1 is 0.342 bits per heavy atom. The Hall–Kier alpha value is -12.4. The molecular weight excluding hydrogens is 1900 g/mol. The van der Waals surface area contributed by atoms with Crippen molar-refractivity contribution in [2.24, 2.45) is 35.2 Å². The summed E-state index contributed by atoms with van der Waals surface area (Å²) in [5.41, 5.74) is 1.38. The number of halogens is 9. The third-order valence-corrected chi connectivity index (χ3v) is 34.5. The standard InChI is InChI=1S/C23H30FN5O2.2C21H26F2N4O2.C21H26FN5O2.C20H23F3N4O/c1-13-11-28-18(12-26(13)3)22(30)29(15-8-6-5-7-9-15)20-19(28)16-10-17(24)14(2)25-21(16)27(4)23(20)31;2*1-7-21-10-24(4)11(2)9-27(21)17-13-8-14(22)12(3)15(23)16(13)25(5)19(28)18(17)26(6)20(21)29;1-11-9-26-16(10-24(11)3)20(28)27(13-6-5-7-13)18-17(26)14-8-15(22)12(2)23-19(14)25(4)21(18)29;1-10-8-27-17-13-7-14(21)11(2)15(22)16(13)26(6)19(28)18(17)25(5)12(3)20(27,23)9-24(10)4/h10,13,15,18H,5-9,11-12H2,1-4H3;2*8,11H,7,9-10H2,1-6H3;8,11,13,16H,5-7,9-10H2,1-4H3;7,10H,3,8-9H2,1-2,4-6H3. The molecule has 0 N–H and O–H groups in total. The van der Waals surface area contributed by atoms with E-state index in [1.807, 2.05) is 94.4 Å². The average molecular weight is 2030 g/mol. The van der Waals surface area contributed by atoms with E-state index < -0.39 is 80.1 Å². The minimum absolute atomic E-state index is 0.00450. The summed E-state index contributed by atoms with van der Waals surface area (Å²) >= 11 is 0. The van der Waals surface area contributed by atoms with Crippen LogP contribution in [0, 0.1) is 81.2 Å². The highest BCUT2D eigenvalue weighted by Crippen LogP contribution is 2.54. The summed E-state index contributed by atoms with van der Waals surface area (Å²) < 4.78 is 141. The maximum Gasteiger partial charge on any atom is 0.278 e. The normalized spacial score (nSPS) is 25.1. The molecule has 10 atom stereocenters. The van der Waals surface area contributed by atoms with Crippen LogP contribution < -0.4 is 76.8 Å². The first-order valence-corrected chi connectivity index (χ1v) is 50.4. The molecule has 2 aliphatic carbocycles. The van der Waals surface area contributed by atoms with Crippen LogP contribution in [0.25, 0.3) is 54.8 Å². The van der Waals surface area contributed by atoms with Gasteiger partial charge >= 0.3 is 0 Å². The lowest BCUT2D eigenvalue weighted by Gasteiger charge is -2.56. The number of likely N-dealkylation sites (N-methyl/N-ethyl adjacent to an activating group) is 8. The molecule has 7 aromatic heterocycles. The number of alkyl halides is 1. The van der Waals surface area contributed by atoms with Crippen molar-refractivity contribution in [3.8, 4) is 0 Å². The van der Waals surface area contributed by atoms with E-state index in [1.54, 1.807) is 58.9 Å². The number of hydrogen-bond donors (Lipinski definition) is 0. The fraction of sp³-hybridized carbons (Fsp3) is 0.538. The highest BCUT2D eigenvalue weighted by atomic mass is 19.2. The van der Waals surface area contributed by atoms with Crippen LogP contribution in [0.15, 0.2) is 66.6 Å². The van der Waals surface area contributed by atoms with Crippen molar-refractivity contribution in [3.05, 3.63) is 169 Å². The van der Waals surface area contributed by atoms with Crippen molar-refractivity contribution in [3.63, 3.8) is 0 Å². The van der Waals surface area contributed by atoms with E-state index in [0.717, 1.165) is 55.9 Å². The maximum atomic E-state index is 16.3. The average Bonchev–Trinajstić information content (AvgIpc) is 0.696. The number of rotatable bonds is 4. The summed E-state index contributed by atoms with van der Waals surface area (Å²) in [4.78, 5) is 157. The van der Waals surface area contributed by atoms with Gasteiger partial charge in [-0.1, -0.05) is 39.7 Å². The number of aromatic nitrogens is 7. The summed E-state index contributed by atoms with van der Waals surface area (Å²) in [6, 6.07) is 6.67. The Morgan fingerprint density at radius 3 is 0.979 bits per heavy atom. The van der Waals surface area contributed by atoms with Gasteiger partial charge in [0.15, 0.2) is 17.5 Å². The maximum absolute atomic E-state index is 16.3. The highest BCUT2D eigenvalue weighted by Gasteiger charge is 2.59. The zero-order valence-corrected chi connectivity index (χ0v) is 87.8. The van der Waals surface area contributed by atoms with Gasteiger partial charge in [-0.25, -0.2) is 49.5 Å². The number of nitrogens with zero attached hydrogens (tertiary/aromatic N) is 22. The molecule has 22 rings (SSSR count). The molecule has 0 spiro atoms. The smallest absolute Gasteiger partial charge is 0.278 e. The predicted molar refractivity (Wildman–Crippen MR) is 553 cm³/mol. The number of carbonyl (C=O) groups is 4. The molecule has 3 aromatic carbocycles. The largest absolute Gasteiger partial charge is 0.354 e. The second kappa shape index (κ2) is 37.2. The summed E-state index contributed by atoms with van der Waals surface area (Å²) in [5, 5.41) is 2.02. The molecule has 10 aliphatic heterocycles. The molecule has 40 heteroatoms. The van der Waals surface area contributed by atoms with Crippen molar-refractivity contribution in [1.29, 1.82) is 0 Å². The van der Waals surface area contributed by atoms with Gasteiger partial charge in [-0.3, -0.25) is 76.8 Å². The summed E-state index contributed by atoms with van der Waals surface area (Å²) in [7, 11) is 22.2. The van der Waals surface area contributed by atoms with E-state index in [1.165, 1.54) is 110 Å². The lowest BCUT2D eigenvalue weighted by Crippen LogP contribution is -2.73. The SMILES string of the molecule is C=C1N(C)c2c(c3cc(F)c(C)c(F)c3n(C)c2=O)N2CC(C)N(C)CC12F.CCC12CN(C)C(C)CN1c1c(c(=O)n(C)c3c(F)c(C)c(F)cc13)N(C)C2=O.CCC12CN(C)C(C)CN1c1c(c(=O)n(C)c3c(F)c(C)c(F)cc13)N(C)C2=O.Cc1nc2c(cc1F)c1c(c(=O)n2C)N(C2CCC2)C(=O)C2CN(C)C(C)CN12.Cc1nc2c(cc1F)c1c(c(=O)n2C)N(C2CCCCC2)C(=O)C2CN(C)C(C)CN12. The molecule has 0 radical (unpaired) electrons. The lowest BCUT2D eigenvalue weighted by molar-refractivity contribution is -0.126. The summed E-state index contributed by atoms with van der Waals surface area (Å²) in [6.07, 6.45) is 8.93. The summed E-state index contributed by atoms with van der Waals surface area (Å²) in [5.74, 6) is -7.51. The first-order chi connectivity index (χ1) is 68.7. The van der Waals surface area contributed by atoms with E-state index in [9.17, 15) is 69.5 Å². The van der Waals surface area contributed by atoms with Gasteiger partial charge in [0.1, 0.15) is 92.0 Å². The van der Waals surface area contributed by atoms with E-state index in [4.69, 9.17) is 0 Å². The van der Waals surface area contributed by atoms with Crippen LogP contribution in [-0.4, -0.2) is 274 Å². The van der Waals surface area contributed by atoms with Crippen molar-refractivity contribution < 1.29 is 58.7 Å². The number of anilines is 10. The monoisotopic (exact) mass is 2030 g/mol. The molecule has 5 saturated heterocycles. The molecule has 17 heterocycles. The first kappa shape index (κ1) is 104. The Morgan fingerprint density at radius 2 is 0.644 bits per heavy atom. The molecule has 12 aliphatic rings. The number of aryl methyl sites for hydroxylation is 7. The van der Waals surface area contributed by atoms with E-state index in [-0.39, 0.29) is 181 Å². The molecule has 10 unspecified atom stereocenters. The fourth-order valence-corrected chi connectivity index (χ4v) is 24.4. The molecule has 0 bridgehead atoms. The van der Waals surface area contributed by atoms with Crippen molar-refractivity contribution in [1.82, 2.24) is 57.3 Å². The first-order valence-electron chi connectivity index (χ1n) is 50.4. The number of benzene rings is 3. The molecule has 146 heavy (non-hydrogen) atoms. The lowest BCUT2D eigenvalue weighted by atomic mass is 9.83. The van der Waals surface area contributed by atoms with Crippen LogP contribution in [0.1, 0.15) is 141 Å². The molecule has 4 amide bonds.